The summed E-state index contributed by atoms with van der Waals surface area (Å²) in [6.07, 6.45) is 3.15. The number of imide groups is 1. The largest absolute Gasteiger partial charge is 0.325 e. The highest BCUT2D eigenvalue weighted by Crippen LogP contribution is 2.32. The number of amides is 4. The van der Waals surface area contributed by atoms with Crippen molar-refractivity contribution in [3.05, 3.63) is 64.2 Å². The maximum absolute atomic E-state index is 13.1. The summed E-state index contributed by atoms with van der Waals surface area (Å²) in [5, 5.41) is 5.59. The van der Waals surface area contributed by atoms with Gasteiger partial charge < -0.3 is 10.6 Å². The van der Waals surface area contributed by atoms with E-state index in [4.69, 9.17) is 0 Å². The number of nitrogens with zero attached hydrogens (tertiary/aromatic N) is 1. The molecule has 1 aliphatic carbocycles. The van der Waals surface area contributed by atoms with E-state index in [1.54, 1.807) is 6.92 Å². The molecule has 0 saturated carbocycles. The van der Waals surface area contributed by atoms with Crippen LogP contribution in [0.1, 0.15) is 41.2 Å². The molecule has 0 aromatic heterocycles. The Kier molecular flexibility index (Phi) is 4.65. The first-order chi connectivity index (χ1) is 13.8. The molecule has 1 aliphatic heterocycles. The summed E-state index contributed by atoms with van der Waals surface area (Å²) in [7, 11) is 0. The Labute approximate surface area is 170 Å². The number of fused-ring (bicyclic) bond motifs is 1. The highest BCUT2D eigenvalue weighted by atomic mass is 16.2. The molecular formula is C23H25N3O3. The zero-order valence-electron chi connectivity index (χ0n) is 17.0. The average Bonchev–Trinajstić information content (AvgIpc) is 3.23. The minimum atomic E-state index is -1.16. The smallest absolute Gasteiger partial charge is 0.324 e. The number of hydrogen-bond acceptors (Lipinski definition) is 3. The minimum Gasteiger partial charge on any atom is -0.324 e. The molecule has 4 rings (SSSR count). The zero-order valence-corrected chi connectivity index (χ0v) is 17.0. The molecule has 150 valence electrons. The van der Waals surface area contributed by atoms with Crippen molar-refractivity contribution >= 4 is 23.5 Å². The highest BCUT2D eigenvalue weighted by Gasteiger charge is 2.49. The van der Waals surface area contributed by atoms with Gasteiger partial charge in [-0.15, -0.1) is 0 Å². The third kappa shape index (κ3) is 3.39. The van der Waals surface area contributed by atoms with E-state index in [0.29, 0.717) is 5.69 Å². The van der Waals surface area contributed by atoms with Gasteiger partial charge >= 0.3 is 6.03 Å². The third-order valence-electron chi connectivity index (χ3n) is 5.92. The summed E-state index contributed by atoms with van der Waals surface area (Å²) in [4.78, 5) is 39.2. The predicted octanol–water partition coefficient (Wildman–Crippen LogP) is 3.20. The summed E-state index contributed by atoms with van der Waals surface area (Å²) in [6, 6.07) is 11.2. The molecule has 29 heavy (non-hydrogen) atoms. The van der Waals surface area contributed by atoms with Crippen LogP contribution in [-0.4, -0.2) is 29.3 Å². The van der Waals surface area contributed by atoms with Crippen molar-refractivity contribution in [1.29, 1.82) is 0 Å². The number of aryl methyl sites for hydroxylation is 4. The molecule has 2 aromatic rings. The van der Waals surface area contributed by atoms with Crippen LogP contribution in [0.25, 0.3) is 0 Å². The molecule has 1 unspecified atom stereocenters. The molecule has 1 saturated heterocycles. The van der Waals surface area contributed by atoms with Crippen LogP contribution < -0.4 is 10.6 Å². The Morgan fingerprint density at radius 3 is 2.66 bits per heavy atom. The van der Waals surface area contributed by atoms with Gasteiger partial charge in [-0.1, -0.05) is 30.3 Å². The predicted molar refractivity (Wildman–Crippen MR) is 111 cm³/mol. The van der Waals surface area contributed by atoms with Gasteiger partial charge in [-0.05, 0) is 73.9 Å². The second kappa shape index (κ2) is 7.03. The van der Waals surface area contributed by atoms with E-state index in [1.165, 1.54) is 11.1 Å². The van der Waals surface area contributed by atoms with E-state index in [2.05, 4.69) is 10.6 Å². The van der Waals surface area contributed by atoms with Crippen molar-refractivity contribution in [1.82, 2.24) is 10.2 Å². The van der Waals surface area contributed by atoms with Crippen LogP contribution in [0.2, 0.25) is 0 Å². The molecule has 0 radical (unpaired) electrons. The first-order valence-electron chi connectivity index (χ1n) is 9.91. The van der Waals surface area contributed by atoms with Crippen molar-refractivity contribution < 1.29 is 14.4 Å². The first-order valence-corrected chi connectivity index (χ1v) is 9.91. The average molecular weight is 391 g/mol. The molecule has 1 atom stereocenters. The van der Waals surface area contributed by atoms with Crippen LogP contribution in [0.15, 0.2) is 36.4 Å². The van der Waals surface area contributed by atoms with Gasteiger partial charge in [0.1, 0.15) is 12.1 Å². The minimum absolute atomic E-state index is 0.321. The van der Waals surface area contributed by atoms with Crippen molar-refractivity contribution in [3.63, 3.8) is 0 Å². The molecular weight excluding hydrogens is 366 g/mol. The van der Waals surface area contributed by atoms with Crippen molar-refractivity contribution in [2.45, 2.75) is 45.6 Å². The van der Waals surface area contributed by atoms with Gasteiger partial charge in [-0.3, -0.25) is 14.5 Å². The number of urea groups is 1. The first kappa shape index (κ1) is 19.2. The molecule has 2 N–H and O–H groups in total. The molecule has 2 aliphatic rings. The van der Waals surface area contributed by atoms with Gasteiger partial charge in [0.25, 0.3) is 5.91 Å². The molecule has 2 aromatic carbocycles. The number of rotatable bonds is 4. The fourth-order valence-electron chi connectivity index (χ4n) is 4.12. The lowest BCUT2D eigenvalue weighted by Crippen LogP contribution is -2.42. The van der Waals surface area contributed by atoms with Crippen LogP contribution in [0.3, 0.4) is 0 Å². The Bertz CT molecular complexity index is 1030. The second-order valence-corrected chi connectivity index (χ2v) is 8.15. The summed E-state index contributed by atoms with van der Waals surface area (Å²) >= 11 is 0. The number of benzene rings is 2. The summed E-state index contributed by atoms with van der Waals surface area (Å²) in [5.41, 5.74) is 4.76. The van der Waals surface area contributed by atoms with E-state index >= 15 is 0 Å². The Morgan fingerprint density at radius 1 is 1.10 bits per heavy atom. The summed E-state index contributed by atoms with van der Waals surface area (Å²) < 4.78 is 0. The van der Waals surface area contributed by atoms with Gasteiger partial charge in [0.2, 0.25) is 5.91 Å². The fraction of sp³-hybridized carbons (Fsp3) is 0.348. The lowest BCUT2D eigenvalue weighted by Gasteiger charge is -2.23. The molecule has 6 nitrogen and oxygen atoms in total. The number of anilines is 1. The normalized spacial score (nSPS) is 20.6. The Hall–Kier alpha value is -3.15. The summed E-state index contributed by atoms with van der Waals surface area (Å²) in [6.45, 7) is 5.22. The quantitative estimate of drug-likeness (QED) is 0.786. The van der Waals surface area contributed by atoms with Crippen LogP contribution >= 0.6 is 0 Å². The van der Waals surface area contributed by atoms with E-state index in [9.17, 15) is 14.4 Å². The van der Waals surface area contributed by atoms with Crippen LogP contribution in [0.5, 0.6) is 0 Å². The van der Waals surface area contributed by atoms with Crippen LogP contribution in [0, 0.1) is 13.8 Å². The number of hydrogen-bond donors (Lipinski definition) is 2. The fourth-order valence-corrected chi connectivity index (χ4v) is 4.12. The SMILES string of the molecule is Cc1ccc(C)c(NC(=O)CN2C(=O)NC(C)(c3ccc4c(c3)CCC4)C2=O)c1. The van der Waals surface area contributed by atoms with Gasteiger partial charge in [0, 0.05) is 5.69 Å². The van der Waals surface area contributed by atoms with E-state index < -0.39 is 23.4 Å². The molecule has 1 fully saturated rings. The number of carbonyl (C=O) groups excluding carboxylic acids is 3. The van der Waals surface area contributed by atoms with E-state index in [0.717, 1.165) is 40.9 Å². The topological polar surface area (TPSA) is 78.5 Å². The molecule has 1 heterocycles. The zero-order chi connectivity index (χ0) is 20.8. The molecule has 6 heteroatoms. The second-order valence-electron chi connectivity index (χ2n) is 8.15. The standard InChI is InChI=1S/C23H25N3O3/c1-14-7-8-15(2)19(11-14)24-20(27)13-26-21(28)23(3,25-22(26)29)18-10-9-16-5-4-6-17(16)12-18/h7-12H,4-6,13H2,1-3H3,(H,24,27)(H,25,29). The van der Waals surface area contributed by atoms with Gasteiger partial charge in [-0.25, -0.2) is 4.79 Å². The lowest BCUT2D eigenvalue weighted by atomic mass is 9.89. The molecule has 0 spiro atoms. The molecule has 0 bridgehead atoms. The van der Waals surface area contributed by atoms with E-state index in [-0.39, 0.29) is 6.54 Å². The van der Waals surface area contributed by atoms with Crippen LogP contribution in [0.4, 0.5) is 10.5 Å². The number of nitrogens with one attached hydrogen (secondary N) is 2. The van der Waals surface area contributed by atoms with Gasteiger partial charge in [-0.2, -0.15) is 0 Å². The summed E-state index contributed by atoms with van der Waals surface area (Å²) in [5.74, 6) is -0.808. The maximum Gasteiger partial charge on any atom is 0.325 e. The maximum atomic E-state index is 13.1. The Morgan fingerprint density at radius 2 is 1.86 bits per heavy atom. The molecule has 4 amide bonds. The van der Waals surface area contributed by atoms with Gasteiger partial charge in [0.05, 0.1) is 0 Å². The van der Waals surface area contributed by atoms with E-state index in [1.807, 2.05) is 50.2 Å². The highest BCUT2D eigenvalue weighted by molar-refractivity contribution is 6.10. The monoisotopic (exact) mass is 391 g/mol. The lowest BCUT2D eigenvalue weighted by molar-refractivity contribution is -0.133. The van der Waals surface area contributed by atoms with Crippen molar-refractivity contribution in [3.8, 4) is 0 Å². The Balaban J connectivity index is 1.52. The van der Waals surface area contributed by atoms with Crippen molar-refractivity contribution in [2.75, 3.05) is 11.9 Å². The third-order valence-corrected chi connectivity index (χ3v) is 5.92. The number of carbonyl (C=O) groups is 3. The van der Waals surface area contributed by atoms with Gasteiger partial charge in [0.15, 0.2) is 0 Å². The van der Waals surface area contributed by atoms with Crippen LogP contribution in [-0.2, 0) is 28.0 Å². The van der Waals surface area contributed by atoms with Crippen molar-refractivity contribution in [2.24, 2.45) is 0 Å².